The minimum absolute atomic E-state index is 0.0469. The molecular weight excluding hydrogens is 378 g/mol. The minimum atomic E-state index is -0.398. The molecule has 2 aromatic carbocycles. The van der Waals surface area contributed by atoms with Crippen LogP contribution in [-0.4, -0.2) is 16.7 Å². The molecule has 1 unspecified atom stereocenters. The van der Waals surface area contributed by atoms with Crippen molar-refractivity contribution >= 4 is 11.6 Å². The Kier molecular flexibility index (Phi) is 4.45. The van der Waals surface area contributed by atoms with Gasteiger partial charge in [-0.3, -0.25) is 0 Å². The molecule has 0 bridgehead atoms. The highest BCUT2D eigenvalue weighted by molar-refractivity contribution is 6.30. The lowest BCUT2D eigenvalue weighted by Crippen LogP contribution is -2.47. The maximum atomic E-state index is 6.03. The molecule has 1 aliphatic carbocycles. The highest BCUT2D eigenvalue weighted by atomic mass is 35.5. The van der Waals surface area contributed by atoms with Crippen molar-refractivity contribution < 1.29 is 14.0 Å². The number of aromatic nitrogens is 2. The number of nitrogens with zero attached hydrogens (tertiary/aromatic N) is 2. The van der Waals surface area contributed by atoms with Crippen LogP contribution in [0.4, 0.5) is 0 Å². The Labute approximate surface area is 167 Å². The molecule has 0 amide bonds. The molecule has 2 aliphatic rings. The molecular formula is C21H20ClN3O3. The Morgan fingerprint density at radius 1 is 1.07 bits per heavy atom. The fraction of sp³-hybridized carbons (Fsp3) is 0.333. The molecule has 1 aliphatic heterocycles. The van der Waals surface area contributed by atoms with E-state index in [1.165, 1.54) is 12.0 Å². The van der Waals surface area contributed by atoms with E-state index in [1.54, 1.807) is 0 Å². The van der Waals surface area contributed by atoms with Crippen molar-refractivity contribution in [2.45, 2.75) is 37.5 Å². The molecule has 28 heavy (non-hydrogen) atoms. The average Bonchev–Trinajstić information content (AvgIpc) is 3.17. The second-order valence-corrected chi connectivity index (χ2v) is 7.65. The van der Waals surface area contributed by atoms with Crippen molar-refractivity contribution in [2.75, 3.05) is 6.61 Å². The summed E-state index contributed by atoms with van der Waals surface area (Å²) in [4.78, 5) is 4.51. The number of rotatable bonds is 5. The first-order valence-electron chi connectivity index (χ1n) is 9.44. The molecule has 144 valence electrons. The van der Waals surface area contributed by atoms with Crippen LogP contribution >= 0.6 is 11.6 Å². The number of hydrogen-bond acceptors (Lipinski definition) is 6. The van der Waals surface area contributed by atoms with Crippen LogP contribution in [0.3, 0.4) is 0 Å². The number of nitrogens with one attached hydrogen (secondary N) is 1. The first-order chi connectivity index (χ1) is 13.7. The molecule has 1 fully saturated rings. The smallest absolute Gasteiger partial charge is 0.271 e. The summed E-state index contributed by atoms with van der Waals surface area (Å²) in [6.45, 7) is 0.872. The normalized spacial score (nSPS) is 19.8. The maximum Gasteiger partial charge on any atom is 0.271 e. The Bertz CT molecular complexity index is 969. The molecule has 6 nitrogen and oxygen atoms in total. The fourth-order valence-corrected chi connectivity index (χ4v) is 3.85. The van der Waals surface area contributed by atoms with Gasteiger partial charge in [0, 0.05) is 10.6 Å². The van der Waals surface area contributed by atoms with Gasteiger partial charge in [0.15, 0.2) is 17.3 Å². The minimum Gasteiger partial charge on any atom is -0.485 e. The molecule has 3 aromatic rings. The van der Waals surface area contributed by atoms with Gasteiger partial charge in [-0.25, -0.2) is 0 Å². The molecule has 0 saturated heterocycles. The van der Waals surface area contributed by atoms with Crippen molar-refractivity contribution in [3.05, 3.63) is 70.8 Å². The van der Waals surface area contributed by atoms with E-state index in [1.807, 2.05) is 36.4 Å². The molecule has 1 aromatic heterocycles. The van der Waals surface area contributed by atoms with Gasteiger partial charge in [-0.05, 0) is 49.1 Å². The summed E-state index contributed by atoms with van der Waals surface area (Å²) >= 11 is 6.03. The predicted octanol–water partition coefficient (Wildman–Crippen LogP) is 4.40. The topological polar surface area (TPSA) is 69.4 Å². The van der Waals surface area contributed by atoms with Gasteiger partial charge in [-0.15, -0.1) is 0 Å². The van der Waals surface area contributed by atoms with E-state index >= 15 is 0 Å². The second-order valence-electron chi connectivity index (χ2n) is 7.21. The van der Waals surface area contributed by atoms with Gasteiger partial charge in [0.2, 0.25) is 6.10 Å². The summed E-state index contributed by atoms with van der Waals surface area (Å²) in [6, 6.07) is 15.6. The summed E-state index contributed by atoms with van der Waals surface area (Å²) in [7, 11) is 0. The standard InChI is InChI=1S/C21H20ClN3O3/c22-15-8-6-14(7-9-15)21(10-3-11-21)23-12-19-24-20(28-25-19)18-13-26-16-4-1-2-5-17(16)27-18/h1-2,4-9,18,23H,3,10-13H2. The summed E-state index contributed by atoms with van der Waals surface area (Å²) < 4.78 is 17.1. The van der Waals surface area contributed by atoms with Crippen LogP contribution < -0.4 is 14.8 Å². The van der Waals surface area contributed by atoms with Gasteiger partial charge in [0.05, 0.1) is 6.54 Å². The Balaban J connectivity index is 1.26. The lowest BCUT2D eigenvalue weighted by atomic mass is 9.72. The zero-order chi connectivity index (χ0) is 19.0. The molecule has 7 heteroatoms. The van der Waals surface area contributed by atoms with Crippen LogP contribution in [0.2, 0.25) is 5.02 Å². The lowest BCUT2D eigenvalue weighted by molar-refractivity contribution is 0.0665. The van der Waals surface area contributed by atoms with Gasteiger partial charge in [-0.1, -0.05) is 41.0 Å². The van der Waals surface area contributed by atoms with Gasteiger partial charge in [0.25, 0.3) is 5.89 Å². The van der Waals surface area contributed by atoms with Crippen molar-refractivity contribution in [1.29, 1.82) is 0 Å². The van der Waals surface area contributed by atoms with Crippen LogP contribution in [0, 0.1) is 0 Å². The molecule has 0 radical (unpaired) electrons. The number of halogens is 1. The zero-order valence-electron chi connectivity index (χ0n) is 15.2. The summed E-state index contributed by atoms with van der Waals surface area (Å²) in [6.07, 6.45) is 2.95. The second kappa shape index (κ2) is 7.11. The molecule has 5 rings (SSSR count). The highest BCUT2D eigenvalue weighted by Gasteiger charge is 2.38. The Morgan fingerprint density at radius 3 is 2.61 bits per heavy atom. The van der Waals surface area contributed by atoms with Crippen LogP contribution in [0.25, 0.3) is 0 Å². The molecule has 1 atom stereocenters. The van der Waals surface area contributed by atoms with E-state index < -0.39 is 6.10 Å². The molecule has 2 heterocycles. The van der Waals surface area contributed by atoms with Gasteiger partial charge < -0.3 is 19.3 Å². The van der Waals surface area contributed by atoms with Crippen LogP contribution in [0.15, 0.2) is 53.1 Å². The van der Waals surface area contributed by atoms with Crippen molar-refractivity contribution in [3.8, 4) is 11.5 Å². The van der Waals surface area contributed by atoms with E-state index in [0.717, 1.165) is 23.6 Å². The predicted molar refractivity (Wildman–Crippen MR) is 103 cm³/mol. The number of benzene rings is 2. The van der Waals surface area contributed by atoms with Crippen LogP contribution in [0.5, 0.6) is 11.5 Å². The Morgan fingerprint density at radius 2 is 1.86 bits per heavy atom. The zero-order valence-corrected chi connectivity index (χ0v) is 16.0. The number of hydrogen-bond donors (Lipinski definition) is 1. The van der Waals surface area contributed by atoms with E-state index in [-0.39, 0.29) is 5.54 Å². The molecule has 1 N–H and O–H groups in total. The number of para-hydroxylation sites is 2. The third kappa shape index (κ3) is 3.23. The molecule has 1 saturated carbocycles. The SMILES string of the molecule is Clc1ccc(C2(NCc3noc(C4COc5ccccc5O4)n3)CCC2)cc1. The summed E-state index contributed by atoms with van der Waals surface area (Å²) in [5, 5.41) is 8.48. The van der Waals surface area contributed by atoms with Gasteiger partial charge >= 0.3 is 0 Å². The Hall–Kier alpha value is -2.57. The van der Waals surface area contributed by atoms with Gasteiger partial charge in [0.1, 0.15) is 6.61 Å². The average molecular weight is 398 g/mol. The first-order valence-corrected chi connectivity index (χ1v) is 9.82. The van der Waals surface area contributed by atoms with E-state index in [0.29, 0.717) is 30.6 Å². The highest BCUT2D eigenvalue weighted by Crippen LogP contribution is 2.42. The largest absolute Gasteiger partial charge is 0.485 e. The summed E-state index contributed by atoms with van der Waals surface area (Å²) in [5.41, 5.74) is 1.20. The van der Waals surface area contributed by atoms with Crippen molar-refractivity contribution in [3.63, 3.8) is 0 Å². The van der Waals surface area contributed by atoms with E-state index in [2.05, 4.69) is 27.6 Å². The van der Waals surface area contributed by atoms with Crippen LogP contribution in [0.1, 0.15) is 42.6 Å². The number of fused-ring (bicyclic) bond motifs is 1. The molecule has 0 spiro atoms. The number of ether oxygens (including phenoxy) is 2. The van der Waals surface area contributed by atoms with Crippen molar-refractivity contribution in [1.82, 2.24) is 15.5 Å². The maximum absolute atomic E-state index is 6.03. The lowest BCUT2D eigenvalue weighted by Gasteiger charge is -2.43. The third-order valence-corrected chi connectivity index (χ3v) is 5.71. The first kappa shape index (κ1) is 17.5. The monoisotopic (exact) mass is 397 g/mol. The van der Waals surface area contributed by atoms with Crippen molar-refractivity contribution in [2.24, 2.45) is 0 Å². The summed E-state index contributed by atoms with van der Waals surface area (Å²) in [5.74, 6) is 2.46. The van der Waals surface area contributed by atoms with Gasteiger partial charge in [-0.2, -0.15) is 4.98 Å². The quantitative estimate of drug-likeness (QED) is 0.688. The van der Waals surface area contributed by atoms with E-state index in [9.17, 15) is 0 Å². The van der Waals surface area contributed by atoms with E-state index in [4.69, 9.17) is 25.6 Å². The third-order valence-electron chi connectivity index (χ3n) is 5.46. The fourth-order valence-electron chi connectivity index (χ4n) is 3.73. The van der Waals surface area contributed by atoms with Crippen LogP contribution in [-0.2, 0) is 12.1 Å².